The van der Waals surface area contributed by atoms with Gasteiger partial charge in [-0.1, -0.05) is 0 Å². The number of nitrogens with zero attached hydrogens (tertiary/aromatic N) is 1. The summed E-state index contributed by atoms with van der Waals surface area (Å²) in [6.07, 6.45) is 0.606. The summed E-state index contributed by atoms with van der Waals surface area (Å²) in [5.41, 5.74) is -0.801. The Bertz CT molecular complexity index is 675. The Labute approximate surface area is 120 Å². The van der Waals surface area contributed by atoms with Crippen molar-refractivity contribution in [3.05, 3.63) is 39.7 Å². The first-order chi connectivity index (χ1) is 9.78. The number of hydrogen-bond donors (Lipinski definition) is 1. The minimum atomic E-state index is -3.03. The fraction of sp³-hybridized carbons (Fsp3) is 0.417. The van der Waals surface area contributed by atoms with Crippen molar-refractivity contribution in [3.63, 3.8) is 0 Å². The van der Waals surface area contributed by atoms with Crippen molar-refractivity contribution in [3.8, 4) is 0 Å². The SMILES string of the molecule is O=C(NC1CCS(=O)(=O)CC1)c1ccc(F)c([N+](=O)[O-])c1. The second kappa shape index (κ2) is 5.76. The average Bonchev–Trinajstić information content (AvgIpc) is 2.41. The van der Waals surface area contributed by atoms with Crippen LogP contribution in [-0.4, -0.2) is 36.8 Å². The number of benzene rings is 1. The van der Waals surface area contributed by atoms with Gasteiger partial charge in [-0.2, -0.15) is 4.39 Å². The first kappa shape index (κ1) is 15.4. The molecule has 1 aliphatic rings. The van der Waals surface area contributed by atoms with E-state index in [2.05, 4.69) is 5.32 Å². The van der Waals surface area contributed by atoms with Gasteiger partial charge >= 0.3 is 5.69 Å². The largest absolute Gasteiger partial charge is 0.349 e. The molecule has 1 fully saturated rings. The molecular formula is C12H13FN2O5S. The van der Waals surface area contributed by atoms with Crippen LogP contribution in [0, 0.1) is 15.9 Å². The van der Waals surface area contributed by atoms with Crippen LogP contribution in [0.5, 0.6) is 0 Å². The molecule has 1 aromatic carbocycles. The van der Waals surface area contributed by atoms with Gasteiger partial charge in [0.25, 0.3) is 5.91 Å². The van der Waals surface area contributed by atoms with Crippen molar-refractivity contribution in [1.29, 1.82) is 0 Å². The fourth-order valence-corrected chi connectivity index (χ4v) is 3.59. The molecule has 21 heavy (non-hydrogen) atoms. The molecule has 0 spiro atoms. The lowest BCUT2D eigenvalue weighted by Gasteiger charge is -2.22. The predicted octanol–water partition coefficient (Wildman–Crippen LogP) is 1.04. The molecule has 0 aliphatic carbocycles. The normalized spacial score (nSPS) is 18.1. The summed E-state index contributed by atoms with van der Waals surface area (Å²) >= 11 is 0. The molecule has 0 atom stereocenters. The summed E-state index contributed by atoms with van der Waals surface area (Å²) in [5.74, 6) is -1.59. The Kier molecular flexibility index (Phi) is 4.21. The second-order valence-corrected chi connectivity index (χ2v) is 7.13. The molecule has 0 unspecified atom stereocenters. The molecule has 0 radical (unpaired) electrons. The number of hydrogen-bond acceptors (Lipinski definition) is 5. The van der Waals surface area contributed by atoms with Gasteiger partial charge in [-0.25, -0.2) is 8.42 Å². The van der Waals surface area contributed by atoms with Crippen molar-refractivity contribution in [2.45, 2.75) is 18.9 Å². The molecule has 2 rings (SSSR count). The van der Waals surface area contributed by atoms with Crippen molar-refractivity contribution >= 4 is 21.4 Å². The smallest absolute Gasteiger partial charge is 0.305 e. The zero-order valence-electron chi connectivity index (χ0n) is 10.9. The molecular weight excluding hydrogens is 303 g/mol. The Hall–Kier alpha value is -2.03. The monoisotopic (exact) mass is 316 g/mol. The summed E-state index contributed by atoms with van der Waals surface area (Å²) in [4.78, 5) is 21.7. The highest BCUT2D eigenvalue weighted by Gasteiger charge is 2.25. The van der Waals surface area contributed by atoms with Crippen LogP contribution in [-0.2, 0) is 9.84 Å². The number of sulfone groups is 1. The number of carbonyl (C=O) groups excluding carboxylic acids is 1. The summed E-state index contributed by atoms with van der Waals surface area (Å²) < 4.78 is 35.7. The van der Waals surface area contributed by atoms with Gasteiger partial charge in [-0.15, -0.1) is 0 Å². The van der Waals surface area contributed by atoms with Crippen molar-refractivity contribution < 1.29 is 22.5 Å². The van der Waals surface area contributed by atoms with E-state index in [4.69, 9.17) is 0 Å². The summed E-state index contributed by atoms with van der Waals surface area (Å²) in [6.45, 7) is 0. The molecule has 9 heteroatoms. The topological polar surface area (TPSA) is 106 Å². The molecule has 1 heterocycles. The zero-order chi connectivity index (χ0) is 15.6. The van der Waals surface area contributed by atoms with E-state index in [1.165, 1.54) is 0 Å². The number of amides is 1. The van der Waals surface area contributed by atoms with Gasteiger partial charge in [0.15, 0.2) is 0 Å². The van der Waals surface area contributed by atoms with E-state index < -0.39 is 32.2 Å². The number of nitro benzene ring substituents is 1. The number of rotatable bonds is 3. The Morgan fingerprint density at radius 1 is 1.33 bits per heavy atom. The van der Waals surface area contributed by atoms with Crippen molar-refractivity contribution in [2.24, 2.45) is 0 Å². The van der Waals surface area contributed by atoms with Crippen LogP contribution in [0.25, 0.3) is 0 Å². The van der Waals surface area contributed by atoms with E-state index in [0.29, 0.717) is 12.8 Å². The van der Waals surface area contributed by atoms with E-state index in [1.807, 2.05) is 0 Å². The maximum absolute atomic E-state index is 13.2. The lowest BCUT2D eigenvalue weighted by Crippen LogP contribution is -2.40. The van der Waals surface area contributed by atoms with Crippen LogP contribution in [0.3, 0.4) is 0 Å². The molecule has 0 bridgehead atoms. The number of carbonyl (C=O) groups is 1. The van der Waals surface area contributed by atoms with Crippen molar-refractivity contribution in [1.82, 2.24) is 5.32 Å². The van der Waals surface area contributed by atoms with Crippen LogP contribution >= 0.6 is 0 Å². The molecule has 1 aliphatic heterocycles. The van der Waals surface area contributed by atoms with Gasteiger partial charge in [0.1, 0.15) is 9.84 Å². The molecule has 1 saturated heterocycles. The molecule has 114 valence electrons. The molecule has 1 amide bonds. The Morgan fingerprint density at radius 3 is 2.52 bits per heavy atom. The Morgan fingerprint density at radius 2 is 1.95 bits per heavy atom. The second-order valence-electron chi connectivity index (χ2n) is 4.82. The van der Waals surface area contributed by atoms with Gasteiger partial charge in [0.05, 0.1) is 16.4 Å². The van der Waals surface area contributed by atoms with E-state index in [9.17, 15) is 27.7 Å². The third kappa shape index (κ3) is 3.75. The minimum absolute atomic E-state index is 0.00150. The predicted molar refractivity (Wildman–Crippen MR) is 72.2 cm³/mol. The van der Waals surface area contributed by atoms with Crippen LogP contribution in [0.2, 0.25) is 0 Å². The molecule has 0 saturated carbocycles. The summed E-state index contributed by atoms with van der Waals surface area (Å²) in [5, 5.41) is 13.2. The standard InChI is InChI=1S/C12H13FN2O5S/c13-10-2-1-8(7-11(10)15(17)18)12(16)14-9-3-5-21(19,20)6-4-9/h1-2,7,9H,3-6H2,(H,14,16). The van der Waals surface area contributed by atoms with Crippen LogP contribution in [0.1, 0.15) is 23.2 Å². The Balaban J connectivity index is 2.07. The lowest BCUT2D eigenvalue weighted by molar-refractivity contribution is -0.387. The zero-order valence-corrected chi connectivity index (χ0v) is 11.7. The quantitative estimate of drug-likeness (QED) is 0.662. The average molecular weight is 316 g/mol. The van der Waals surface area contributed by atoms with Gasteiger partial charge in [0.2, 0.25) is 5.82 Å². The fourth-order valence-electron chi connectivity index (χ4n) is 2.10. The van der Waals surface area contributed by atoms with Gasteiger partial charge in [-0.05, 0) is 25.0 Å². The van der Waals surface area contributed by atoms with Crippen molar-refractivity contribution in [2.75, 3.05) is 11.5 Å². The number of nitrogens with one attached hydrogen (secondary N) is 1. The number of nitro groups is 1. The molecule has 0 aromatic heterocycles. The third-order valence-corrected chi connectivity index (χ3v) is 5.01. The maximum Gasteiger partial charge on any atom is 0.305 e. The van der Waals surface area contributed by atoms with Gasteiger partial charge in [-0.3, -0.25) is 14.9 Å². The number of halogens is 1. The van der Waals surface area contributed by atoms with Gasteiger partial charge < -0.3 is 5.32 Å². The molecule has 7 nitrogen and oxygen atoms in total. The summed E-state index contributed by atoms with van der Waals surface area (Å²) in [6, 6.07) is 2.57. The van der Waals surface area contributed by atoms with E-state index in [1.54, 1.807) is 0 Å². The van der Waals surface area contributed by atoms with Crippen LogP contribution in [0.4, 0.5) is 10.1 Å². The maximum atomic E-state index is 13.2. The molecule has 1 N–H and O–H groups in total. The first-order valence-electron chi connectivity index (χ1n) is 6.24. The van der Waals surface area contributed by atoms with Crippen LogP contribution < -0.4 is 5.32 Å². The third-order valence-electron chi connectivity index (χ3n) is 3.29. The highest BCUT2D eigenvalue weighted by atomic mass is 32.2. The minimum Gasteiger partial charge on any atom is -0.349 e. The van der Waals surface area contributed by atoms with E-state index >= 15 is 0 Å². The summed E-state index contributed by atoms with van der Waals surface area (Å²) in [7, 11) is -3.03. The lowest BCUT2D eigenvalue weighted by atomic mass is 10.1. The van der Waals surface area contributed by atoms with Gasteiger partial charge in [0, 0.05) is 17.7 Å². The van der Waals surface area contributed by atoms with E-state index in [-0.39, 0.29) is 23.1 Å². The van der Waals surface area contributed by atoms with Crippen LogP contribution in [0.15, 0.2) is 18.2 Å². The highest BCUT2D eigenvalue weighted by Crippen LogP contribution is 2.19. The highest BCUT2D eigenvalue weighted by molar-refractivity contribution is 7.91. The van der Waals surface area contributed by atoms with E-state index in [0.717, 1.165) is 18.2 Å². The first-order valence-corrected chi connectivity index (χ1v) is 8.06. The molecule has 1 aromatic rings.